The Morgan fingerprint density at radius 2 is 1.82 bits per heavy atom. The summed E-state index contributed by atoms with van der Waals surface area (Å²) in [5.74, 6) is -1.13. The molecule has 1 aromatic carbocycles. The highest BCUT2D eigenvalue weighted by Gasteiger charge is 2.48. The smallest absolute Gasteiger partial charge is 0.358 e. The molecular weight excluding hydrogens is 420 g/mol. The van der Waals surface area contributed by atoms with Crippen LogP contribution < -0.4 is 5.32 Å². The molecule has 1 aliphatic carbocycles. The number of benzene rings is 1. The molecule has 2 aromatic rings. The molecule has 176 valence electrons. The predicted octanol–water partition coefficient (Wildman–Crippen LogP) is 3.23. The number of rotatable bonds is 5. The molecule has 2 amide bonds. The van der Waals surface area contributed by atoms with Gasteiger partial charge >= 0.3 is 5.97 Å². The van der Waals surface area contributed by atoms with Crippen molar-refractivity contribution in [1.29, 1.82) is 0 Å². The first kappa shape index (κ1) is 23.0. The topological polar surface area (TPSA) is 93.5 Å². The van der Waals surface area contributed by atoms with E-state index in [9.17, 15) is 14.4 Å². The van der Waals surface area contributed by atoms with Crippen molar-refractivity contribution < 1.29 is 19.1 Å². The van der Waals surface area contributed by atoms with E-state index in [0.717, 1.165) is 36.8 Å². The number of fused-ring (bicyclic) bond motifs is 1. The lowest BCUT2D eigenvalue weighted by Gasteiger charge is -2.44. The normalized spacial score (nSPS) is 21.3. The Balaban J connectivity index is 1.68. The van der Waals surface area contributed by atoms with Crippen molar-refractivity contribution in [2.75, 3.05) is 7.11 Å². The monoisotopic (exact) mass is 452 g/mol. The molecule has 2 heterocycles. The van der Waals surface area contributed by atoms with Crippen molar-refractivity contribution in [3.05, 3.63) is 52.8 Å². The molecule has 33 heavy (non-hydrogen) atoms. The van der Waals surface area contributed by atoms with Gasteiger partial charge in [-0.3, -0.25) is 14.3 Å². The maximum atomic E-state index is 13.7. The van der Waals surface area contributed by atoms with Gasteiger partial charge in [0.2, 0.25) is 5.91 Å². The standard InChI is InChI=1S/C25H32N4O4/c1-17-10-12-18(13-11-17)15-28-22(30)21-14-20(23(31)33-3)27-29(21)16-25(28,2)24(32)26-19-8-6-4-5-7-9-19/h10-14,19H,4-9,15-16H2,1-3H3,(H,26,32). The zero-order valence-corrected chi connectivity index (χ0v) is 19.6. The van der Waals surface area contributed by atoms with Crippen LogP contribution in [0.5, 0.6) is 0 Å². The van der Waals surface area contributed by atoms with E-state index in [1.165, 1.54) is 30.7 Å². The zero-order chi connectivity index (χ0) is 23.6. The fourth-order valence-electron chi connectivity index (χ4n) is 4.73. The first-order valence-corrected chi connectivity index (χ1v) is 11.7. The largest absolute Gasteiger partial charge is 0.464 e. The van der Waals surface area contributed by atoms with Gasteiger partial charge in [-0.15, -0.1) is 0 Å². The number of methoxy groups -OCH3 is 1. The Morgan fingerprint density at radius 1 is 1.15 bits per heavy atom. The van der Waals surface area contributed by atoms with E-state index in [2.05, 4.69) is 10.4 Å². The van der Waals surface area contributed by atoms with Gasteiger partial charge in [0, 0.05) is 18.7 Å². The van der Waals surface area contributed by atoms with Crippen LogP contribution >= 0.6 is 0 Å². The van der Waals surface area contributed by atoms with Crippen LogP contribution in [0.1, 0.15) is 77.6 Å². The van der Waals surface area contributed by atoms with E-state index in [1.54, 1.807) is 11.8 Å². The van der Waals surface area contributed by atoms with Crippen LogP contribution in [0, 0.1) is 6.92 Å². The number of nitrogens with one attached hydrogen (secondary N) is 1. The second kappa shape index (κ2) is 9.37. The van der Waals surface area contributed by atoms with Crippen LogP contribution in [-0.2, 0) is 22.6 Å². The highest BCUT2D eigenvalue weighted by molar-refractivity contribution is 6.01. The number of nitrogens with zero attached hydrogens (tertiary/aromatic N) is 3. The van der Waals surface area contributed by atoms with E-state index in [1.807, 2.05) is 31.2 Å². The third kappa shape index (κ3) is 4.65. The number of carbonyl (C=O) groups is 3. The molecule has 0 radical (unpaired) electrons. The molecule has 8 heteroatoms. The van der Waals surface area contributed by atoms with Gasteiger partial charge in [-0.05, 0) is 32.3 Å². The molecule has 0 spiro atoms. The van der Waals surface area contributed by atoms with E-state index >= 15 is 0 Å². The molecule has 0 saturated heterocycles. The molecule has 4 rings (SSSR count). The minimum Gasteiger partial charge on any atom is -0.464 e. The number of hydrogen-bond acceptors (Lipinski definition) is 5. The van der Waals surface area contributed by atoms with E-state index in [4.69, 9.17) is 4.74 Å². The Kier molecular flexibility index (Phi) is 6.54. The fraction of sp³-hybridized carbons (Fsp3) is 0.520. The number of carbonyl (C=O) groups excluding carboxylic acids is 3. The summed E-state index contributed by atoms with van der Waals surface area (Å²) in [4.78, 5) is 40.9. The quantitative estimate of drug-likeness (QED) is 0.555. The van der Waals surface area contributed by atoms with Gasteiger partial charge in [0.05, 0.1) is 13.7 Å². The Bertz CT molecular complexity index is 1040. The molecule has 1 fully saturated rings. The minimum absolute atomic E-state index is 0.0598. The number of esters is 1. The lowest BCUT2D eigenvalue weighted by Crippen LogP contribution is -2.64. The second-order valence-electron chi connectivity index (χ2n) is 9.38. The third-order valence-corrected chi connectivity index (χ3v) is 6.83. The van der Waals surface area contributed by atoms with Gasteiger partial charge in [0.15, 0.2) is 5.69 Å². The summed E-state index contributed by atoms with van der Waals surface area (Å²) in [6.07, 6.45) is 6.47. The van der Waals surface area contributed by atoms with Crippen molar-refractivity contribution in [2.24, 2.45) is 0 Å². The minimum atomic E-state index is -1.15. The summed E-state index contributed by atoms with van der Waals surface area (Å²) >= 11 is 0. The summed E-state index contributed by atoms with van der Waals surface area (Å²) in [5, 5.41) is 7.50. The molecular formula is C25H32N4O4. The predicted molar refractivity (Wildman–Crippen MR) is 123 cm³/mol. The molecule has 2 aliphatic rings. The second-order valence-corrected chi connectivity index (χ2v) is 9.38. The maximum absolute atomic E-state index is 13.7. The van der Waals surface area contributed by atoms with Crippen molar-refractivity contribution in [3.8, 4) is 0 Å². The number of amides is 2. The highest BCUT2D eigenvalue weighted by atomic mass is 16.5. The first-order chi connectivity index (χ1) is 15.8. The summed E-state index contributed by atoms with van der Waals surface area (Å²) in [7, 11) is 1.27. The lowest BCUT2D eigenvalue weighted by molar-refractivity contribution is -0.134. The average Bonchev–Trinajstić information content (AvgIpc) is 3.05. The third-order valence-electron chi connectivity index (χ3n) is 6.83. The molecule has 1 saturated carbocycles. The van der Waals surface area contributed by atoms with Crippen molar-refractivity contribution >= 4 is 17.8 Å². The van der Waals surface area contributed by atoms with Gasteiger partial charge in [-0.25, -0.2) is 4.79 Å². The van der Waals surface area contributed by atoms with Gasteiger partial charge in [0.1, 0.15) is 11.2 Å². The Labute approximate surface area is 194 Å². The molecule has 8 nitrogen and oxygen atoms in total. The molecule has 0 bridgehead atoms. The van der Waals surface area contributed by atoms with E-state index < -0.39 is 11.5 Å². The summed E-state index contributed by atoms with van der Waals surface area (Å²) < 4.78 is 6.24. The van der Waals surface area contributed by atoms with E-state index in [0.29, 0.717) is 0 Å². The first-order valence-electron chi connectivity index (χ1n) is 11.7. The summed E-state index contributed by atoms with van der Waals surface area (Å²) in [6.45, 7) is 4.24. The zero-order valence-electron chi connectivity index (χ0n) is 19.6. The fourth-order valence-corrected chi connectivity index (χ4v) is 4.73. The molecule has 1 atom stereocenters. The summed E-state index contributed by atoms with van der Waals surface area (Å²) in [6, 6.07) is 9.48. The number of ether oxygens (including phenoxy) is 1. The number of aromatic nitrogens is 2. The van der Waals surface area contributed by atoms with Crippen LogP contribution in [0.3, 0.4) is 0 Å². The van der Waals surface area contributed by atoms with Crippen LogP contribution in [0.2, 0.25) is 0 Å². The molecule has 1 unspecified atom stereocenters. The molecule has 1 N–H and O–H groups in total. The van der Waals surface area contributed by atoms with Gasteiger partial charge in [-0.1, -0.05) is 55.5 Å². The van der Waals surface area contributed by atoms with Crippen molar-refractivity contribution in [2.45, 2.75) is 77.0 Å². The van der Waals surface area contributed by atoms with Crippen LogP contribution in [0.25, 0.3) is 0 Å². The summed E-state index contributed by atoms with van der Waals surface area (Å²) in [5.41, 5.74) is 1.24. The van der Waals surface area contributed by atoms with Crippen LogP contribution in [-0.4, -0.2) is 51.2 Å². The number of aryl methyl sites for hydroxylation is 1. The van der Waals surface area contributed by atoms with E-state index in [-0.39, 0.29) is 42.3 Å². The van der Waals surface area contributed by atoms with Crippen LogP contribution in [0.4, 0.5) is 0 Å². The Morgan fingerprint density at radius 3 is 2.45 bits per heavy atom. The van der Waals surface area contributed by atoms with Gasteiger partial charge < -0.3 is 15.0 Å². The van der Waals surface area contributed by atoms with Gasteiger partial charge in [-0.2, -0.15) is 5.10 Å². The van der Waals surface area contributed by atoms with Crippen molar-refractivity contribution in [3.63, 3.8) is 0 Å². The molecule has 1 aromatic heterocycles. The van der Waals surface area contributed by atoms with Crippen molar-refractivity contribution in [1.82, 2.24) is 20.0 Å². The maximum Gasteiger partial charge on any atom is 0.358 e. The van der Waals surface area contributed by atoms with Gasteiger partial charge in [0.25, 0.3) is 5.91 Å². The SMILES string of the molecule is COC(=O)c1cc2n(n1)CC(C)(C(=O)NC1CCCCCC1)N(Cc1ccc(C)cc1)C2=O. The lowest BCUT2D eigenvalue weighted by atomic mass is 9.93. The molecule has 1 aliphatic heterocycles. The number of hydrogen-bond donors (Lipinski definition) is 1. The van der Waals surface area contributed by atoms with Crippen LogP contribution in [0.15, 0.2) is 30.3 Å². The highest BCUT2D eigenvalue weighted by Crippen LogP contribution is 2.30. The Hall–Kier alpha value is -3.16. The average molecular weight is 453 g/mol.